The Labute approximate surface area is 118 Å². The summed E-state index contributed by atoms with van der Waals surface area (Å²) in [5.41, 5.74) is 1.24. The van der Waals surface area contributed by atoms with Crippen LogP contribution >= 0.6 is 0 Å². The molecule has 0 bridgehead atoms. The molecule has 0 aromatic carbocycles. The summed E-state index contributed by atoms with van der Waals surface area (Å²) >= 11 is 0. The van der Waals surface area contributed by atoms with Gasteiger partial charge in [-0.1, -0.05) is 19.4 Å². The normalized spacial score (nSPS) is 11.6. The molecule has 1 N–H and O–H groups in total. The van der Waals surface area contributed by atoms with Gasteiger partial charge in [0.25, 0.3) is 0 Å². The van der Waals surface area contributed by atoms with Crippen molar-refractivity contribution in [1.29, 1.82) is 0 Å². The van der Waals surface area contributed by atoms with Crippen LogP contribution in [0.25, 0.3) is 0 Å². The quantitative estimate of drug-likeness (QED) is 0.814. The molecule has 0 aliphatic heterocycles. The maximum absolute atomic E-state index is 4.76. The molecular weight excluding hydrogens is 234 g/mol. The van der Waals surface area contributed by atoms with Crippen LogP contribution in [0.3, 0.4) is 0 Å². The second-order valence-electron chi connectivity index (χ2n) is 6.02. The van der Waals surface area contributed by atoms with Gasteiger partial charge in [0.1, 0.15) is 5.82 Å². The van der Waals surface area contributed by atoms with Crippen LogP contribution in [0.1, 0.15) is 53.2 Å². The largest absolute Gasteiger partial charge is 0.357 e. The minimum absolute atomic E-state index is 0.129. The van der Waals surface area contributed by atoms with E-state index >= 15 is 0 Å². The van der Waals surface area contributed by atoms with E-state index in [2.05, 4.69) is 63.0 Å². The van der Waals surface area contributed by atoms with E-state index in [1.807, 2.05) is 0 Å². The molecular formula is C16H29N3. The standard InChI is InChI=1S/C16H29N3/c1-6-8-12-19(7-2)15-11-9-10-14(18-15)13-17-16(3,4)5/h9-11,17H,6-8,12-13H2,1-5H3. The first-order valence-corrected chi connectivity index (χ1v) is 7.42. The van der Waals surface area contributed by atoms with Gasteiger partial charge in [-0.2, -0.15) is 0 Å². The summed E-state index contributed by atoms with van der Waals surface area (Å²) < 4.78 is 0. The van der Waals surface area contributed by atoms with Crippen molar-refractivity contribution in [3.05, 3.63) is 23.9 Å². The molecule has 0 aliphatic carbocycles. The molecule has 0 atom stereocenters. The van der Waals surface area contributed by atoms with Gasteiger partial charge in [0.05, 0.1) is 5.69 Å². The van der Waals surface area contributed by atoms with Crippen molar-refractivity contribution in [3.63, 3.8) is 0 Å². The van der Waals surface area contributed by atoms with Crippen LogP contribution in [-0.2, 0) is 6.54 Å². The van der Waals surface area contributed by atoms with Crippen molar-refractivity contribution in [2.24, 2.45) is 0 Å². The van der Waals surface area contributed by atoms with Crippen molar-refractivity contribution in [2.75, 3.05) is 18.0 Å². The zero-order chi connectivity index (χ0) is 14.3. The fourth-order valence-electron chi connectivity index (χ4n) is 1.88. The van der Waals surface area contributed by atoms with E-state index in [-0.39, 0.29) is 5.54 Å². The average molecular weight is 263 g/mol. The molecule has 1 heterocycles. The fraction of sp³-hybridized carbons (Fsp3) is 0.688. The van der Waals surface area contributed by atoms with Gasteiger partial charge in [-0.25, -0.2) is 4.98 Å². The minimum Gasteiger partial charge on any atom is -0.357 e. The number of unbranched alkanes of at least 4 members (excludes halogenated alkanes) is 1. The summed E-state index contributed by atoms with van der Waals surface area (Å²) in [4.78, 5) is 7.11. The van der Waals surface area contributed by atoms with Gasteiger partial charge < -0.3 is 10.2 Å². The number of anilines is 1. The number of nitrogens with zero attached hydrogens (tertiary/aromatic N) is 2. The lowest BCUT2D eigenvalue weighted by Gasteiger charge is -2.23. The Morgan fingerprint density at radius 1 is 1.21 bits per heavy atom. The topological polar surface area (TPSA) is 28.2 Å². The Balaban J connectivity index is 2.69. The van der Waals surface area contributed by atoms with Crippen LogP contribution in [-0.4, -0.2) is 23.6 Å². The predicted octanol–water partition coefficient (Wildman–Crippen LogP) is 3.60. The van der Waals surface area contributed by atoms with Crippen LogP contribution in [0.4, 0.5) is 5.82 Å². The number of aromatic nitrogens is 1. The molecule has 0 spiro atoms. The highest BCUT2D eigenvalue weighted by molar-refractivity contribution is 5.39. The molecule has 3 heteroatoms. The zero-order valence-electron chi connectivity index (χ0n) is 13.2. The molecule has 1 rings (SSSR count). The van der Waals surface area contributed by atoms with Gasteiger partial charge in [0.2, 0.25) is 0 Å². The summed E-state index contributed by atoms with van der Waals surface area (Å²) in [7, 11) is 0. The average Bonchev–Trinajstić information content (AvgIpc) is 2.37. The first kappa shape index (κ1) is 16.0. The number of pyridine rings is 1. The van der Waals surface area contributed by atoms with Gasteiger partial charge >= 0.3 is 0 Å². The van der Waals surface area contributed by atoms with Crippen LogP contribution in [0, 0.1) is 0 Å². The highest BCUT2D eigenvalue weighted by Crippen LogP contribution is 2.13. The van der Waals surface area contributed by atoms with Crippen molar-refractivity contribution >= 4 is 5.82 Å². The van der Waals surface area contributed by atoms with E-state index in [9.17, 15) is 0 Å². The smallest absolute Gasteiger partial charge is 0.128 e. The lowest BCUT2D eigenvalue weighted by atomic mass is 10.1. The van der Waals surface area contributed by atoms with Crippen LogP contribution in [0.2, 0.25) is 0 Å². The molecule has 0 saturated heterocycles. The lowest BCUT2D eigenvalue weighted by Crippen LogP contribution is -2.35. The molecule has 0 amide bonds. The Hall–Kier alpha value is -1.09. The Morgan fingerprint density at radius 3 is 2.53 bits per heavy atom. The lowest BCUT2D eigenvalue weighted by molar-refractivity contribution is 0.421. The fourth-order valence-corrected chi connectivity index (χ4v) is 1.88. The summed E-state index contributed by atoms with van der Waals surface area (Å²) in [5, 5.41) is 3.48. The van der Waals surface area contributed by atoms with Crippen molar-refractivity contribution in [2.45, 2.75) is 59.5 Å². The highest BCUT2D eigenvalue weighted by atomic mass is 15.2. The number of hydrogen-bond donors (Lipinski definition) is 1. The molecule has 0 saturated carbocycles. The molecule has 0 fully saturated rings. The maximum Gasteiger partial charge on any atom is 0.128 e. The Morgan fingerprint density at radius 2 is 1.95 bits per heavy atom. The third-order valence-electron chi connectivity index (χ3n) is 3.08. The van der Waals surface area contributed by atoms with Crippen LogP contribution in [0.5, 0.6) is 0 Å². The van der Waals surface area contributed by atoms with E-state index < -0.39 is 0 Å². The number of rotatable bonds is 7. The van der Waals surface area contributed by atoms with E-state index in [0.717, 1.165) is 31.1 Å². The third-order valence-corrected chi connectivity index (χ3v) is 3.08. The molecule has 0 unspecified atom stereocenters. The van der Waals surface area contributed by atoms with Crippen molar-refractivity contribution < 1.29 is 0 Å². The predicted molar refractivity (Wildman–Crippen MR) is 83.6 cm³/mol. The summed E-state index contributed by atoms with van der Waals surface area (Å²) in [6.45, 7) is 13.9. The minimum atomic E-state index is 0.129. The first-order chi connectivity index (χ1) is 8.96. The monoisotopic (exact) mass is 263 g/mol. The van der Waals surface area contributed by atoms with Crippen LogP contribution < -0.4 is 10.2 Å². The van der Waals surface area contributed by atoms with Gasteiger partial charge in [0, 0.05) is 25.2 Å². The van der Waals surface area contributed by atoms with E-state index in [4.69, 9.17) is 4.98 Å². The third kappa shape index (κ3) is 6.06. The molecule has 1 aromatic heterocycles. The number of hydrogen-bond acceptors (Lipinski definition) is 3. The van der Waals surface area contributed by atoms with E-state index in [0.29, 0.717) is 0 Å². The Bertz CT molecular complexity index is 369. The summed E-state index contributed by atoms with van der Waals surface area (Å²) in [6.07, 6.45) is 2.45. The molecule has 3 nitrogen and oxygen atoms in total. The summed E-state index contributed by atoms with van der Waals surface area (Å²) in [5.74, 6) is 1.10. The van der Waals surface area contributed by atoms with Crippen molar-refractivity contribution in [3.8, 4) is 0 Å². The second kappa shape index (κ2) is 7.49. The summed E-state index contributed by atoms with van der Waals surface area (Å²) in [6, 6.07) is 6.31. The highest BCUT2D eigenvalue weighted by Gasteiger charge is 2.10. The number of nitrogens with one attached hydrogen (secondary N) is 1. The van der Waals surface area contributed by atoms with Gasteiger partial charge in [-0.3, -0.25) is 0 Å². The molecule has 1 aromatic rings. The Kier molecular flexibility index (Phi) is 6.29. The van der Waals surface area contributed by atoms with Gasteiger partial charge in [0.15, 0.2) is 0 Å². The molecule has 0 radical (unpaired) electrons. The van der Waals surface area contributed by atoms with Crippen molar-refractivity contribution in [1.82, 2.24) is 10.3 Å². The van der Waals surface area contributed by atoms with Gasteiger partial charge in [-0.15, -0.1) is 0 Å². The first-order valence-electron chi connectivity index (χ1n) is 7.42. The van der Waals surface area contributed by atoms with Gasteiger partial charge in [-0.05, 0) is 46.2 Å². The van der Waals surface area contributed by atoms with Crippen LogP contribution in [0.15, 0.2) is 18.2 Å². The zero-order valence-corrected chi connectivity index (χ0v) is 13.2. The second-order valence-corrected chi connectivity index (χ2v) is 6.02. The van der Waals surface area contributed by atoms with E-state index in [1.165, 1.54) is 12.8 Å². The molecule has 19 heavy (non-hydrogen) atoms. The van der Waals surface area contributed by atoms with E-state index in [1.54, 1.807) is 0 Å². The molecule has 108 valence electrons. The SMILES string of the molecule is CCCCN(CC)c1cccc(CNC(C)(C)C)n1. The maximum atomic E-state index is 4.76. The molecule has 0 aliphatic rings.